The molecule has 0 amide bonds. The van der Waals surface area contributed by atoms with E-state index in [9.17, 15) is 0 Å². The van der Waals surface area contributed by atoms with Gasteiger partial charge in [0.05, 0.1) is 0 Å². The molecule has 0 aliphatic rings. The molecule has 3 heteroatoms. The third-order valence-corrected chi connectivity index (χ3v) is 2.85. The van der Waals surface area contributed by atoms with Crippen LogP contribution in [-0.4, -0.2) is 24.0 Å². The van der Waals surface area contributed by atoms with E-state index in [4.69, 9.17) is 5.73 Å². The van der Waals surface area contributed by atoms with Crippen LogP contribution in [0.1, 0.15) is 18.2 Å². The Morgan fingerprint density at radius 2 is 2.06 bits per heavy atom. The van der Waals surface area contributed by atoms with Crippen molar-refractivity contribution in [3.63, 3.8) is 0 Å². The van der Waals surface area contributed by atoms with E-state index in [1.165, 1.54) is 22.2 Å². The number of benzene rings is 1. The molecule has 0 atom stereocenters. The van der Waals surface area contributed by atoms with Crippen molar-refractivity contribution in [2.24, 2.45) is 0 Å². The number of H-pyrrole nitrogens is 1. The number of nitrogens with one attached hydrogen (secondary N) is 1. The number of nitrogens with zero attached hydrogens (tertiary/aromatic N) is 1. The van der Waals surface area contributed by atoms with E-state index in [0.29, 0.717) is 0 Å². The van der Waals surface area contributed by atoms with E-state index >= 15 is 0 Å². The Labute approximate surface area is 96.2 Å². The lowest BCUT2D eigenvalue weighted by atomic mass is 10.1. The average Bonchev–Trinajstić information content (AvgIpc) is 2.56. The second-order valence-electron chi connectivity index (χ2n) is 4.48. The summed E-state index contributed by atoms with van der Waals surface area (Å²) >= 11 is 0. The molecule has 0 unspecified atom stereocenters. The second kappa shape index (κ2) is 4.18. The molecule has 0 bridgehead atoms. The monoisotopic (exact) mass is 217 g/mol. The summed E-state index contributed by atoms with van der Waals surface area (Å²) < 4.78 is 0. The summed E-state index contributed by atoms with van der Waals surface area (Å²) in [6, 6.07) is 6.06. The first-order valence-corrected chi connectivity index (χ1v) is 5.65. The van der Waals surface area contributed by atoms with Crippen LogP contribution < -0.4 is 5.73 Å². The van der Waals surface area contributed by atoms with Crippen molar-refractivity contribution in [2.45, 2.75) is 19.9 Å². The van der Waals surface area contributed by atoms with Crippen LogP contribution >= 0.6 is 0 Å². The molecule has 0 saturated carbocycles. The van der Waals surface area contributed by atoms with E-state index in [-0.39, 0.29) is 0 Å². The minimum atomic E-state index is 0.828. The van der Waals surface area contributed by atoms with Gasteiger partial charge in [-0.25, -0.2) is 0 Å². The van der Waals surface area contributed by atoms with E-state index in [1.54, 1.807) is 0 Å². The lowest BCUT2D eigenvalue weighted by Crippen LogP contribution is -2.11. The van der Waals surface area contributed by atoms with Crippen LogP contribution in [-0.2, 0) is 13.0 Å². The Balaban J connectivity index is 2.60. The van der Waals surface area contributed by atoms with Crippen molar-refractivity contribution in [2.75, 3.05) is 19.8 Å². The van der Waals surface area contributed by atoms with E-state index in [2.05, 4.69) is 43.0 Å². The summed E-state index contributed by atoms with van der Waals surface area (Å²) in [6.45, 7) is 3.12. The number of hydrogen-bond donors (Lipinski definition) is 2. The molecular weight excluding hydrogens is 198 g/mol. The molecule has 86 valence electrons. The molecule has 1 aromatic heterocycles. The van der Waals surface area contributed by atoms with Crippen LogP contribution in [0.2, 0.25) is 0 Å². The van der Waals surface area contributed by atoms with E-state index < -0.39 is 0 Å². The van der Waals surface area contributed by atoms with Gasteiger partial charge >= 0.3 is 0 Å². The Hall–Kier alpha value is -1.48. The largest absolute Gasteiger partial charge is 0.399 e. The van der Waals surface area contributed by atoms with Crippen molar-refractivity contribution in [3.8, 4) is 0 Å². The van der Waals surface area contributed by atoms with Gasteiger partial charge in [0.25, 0.3) is 0 Å². The molecule has 0 fully saturated rings. The van der Waals surface area contributed by atoms with Gasteiger partial charge in [-0.2, -0.15) is 0 Å². The number of rotatable bonds is 3. The fourth-order valence-corrected chi connectivity index (χ4v) is 2.12. The summed E-state index contributed by atoms with van der Waals surface area (Å²) in [7, 11) is 4.18. The molecule has 0 spiro atoms. The molecule has 1 heterocycles. The standard InChI is InChI=1S/C13H19N3/c1-4-12-11(8-16(2)3)10-7-9(14)5-6-13(10)15-12/h5-7,15H,4,8,14H2,1-3H3. The molecular formula is C13H19N3. The lowest BCUT2D eigenvalue weighted by molar-refractivity contribution is 0.402. The first-order chi connectivity index (χ1) is 7.61. The highest BCUT2D eigenvalue weighted by Crippen LogP contribution is 2.25. The number of aryl methyl sites for hydroxylation is 1. The fraction of sp³-hybridized carbons (Fsp3) is 0.385. The van der Waals surface area contributed by atoms with Gasteiger partial charge in [-0.3, -0.25) is 0 Å². The van der Waals surface area contributed by atoms with Crippen molar-refractivity contribution < 1.29 is 0 Å². The zero-order chi connectivity index (χ0) is 11.7. The van der Waals surface area contributed by atoms with E-state index in [0.717, 1.165) is 18.7 Å². The van der Waals surface area contributed by atoms with Crippen molar-refractivity contribution in [1.29, 1.82) is 0 Å². The van der Waals surface area contributed by atoms with Gasteiger partial charge in [-0.05, 0) is 44.3 Å². The maximum atomic E-state index is 5.85. The average molecular weight is 217 g/mol. The van der Waals surface area contributed by atoms with Gasteiger partial charge in [0.15, 0.2) is 0 Å². The predicted molar refractivity (Wildman–Crippen MR) is 69.5 cm³/mol. The maximum Gasteiger partial charge on any atom is 0.0460 e. The van der Waals surface area contributed by atoms with Crippen LogP contribution in [0, 0.1) is 0 Å². The van der Waals surface area contributed by atoms with Gasteiger partial charge in [0, 0.05) is 28.8 Å². The molecule has 0 saturated heterocycles. The minimum Gasteiger partial charge on any atom is -0.399 e. The molecule has 2 rings (SSSR count). The van der Waals surface area contributed by atoms with Gasteiger partial charge in [-0.1, -0.05) is 6.92 Å². The van der Waals surface area contributed by atoms with Crippen LogP contribution in [0.15, 0.2) is 18.2 Å². The second-order valence-corrected chi connectivity index (χ2v) is 4.48. The first kappa shape index (κ1) is 11.0. The number of aromatic amines is 1. The number of aromatic nitrogens is 1. The van der Waals surface area contributed by atoms with E-state index in [1.807, 2.05) is 6.07 Å². The molecule has 0 radical (unpaired) electrons. The number of hydrogen-bond acceptors (Lipinski definition) is 2. The van der Waals surface area contributed by atoms with Gasteiger partial charge in [-0.15, -0.1) is 0 Å². The highest BCUT2D eigenvalue weighted by Gasteiger charge is 2.10. The van der Waals surface area contributed by atoms with Crippen LogP contribution in [0.25, 0.3) is 10.9 Å². The number of fused-ring (bicyclic) bond motifs is 1. The molecule has 0 aliphatic heterocycles. The Morgan fingerprint density at radius 1 is 1.31 bits per heavy atom. The maximum absolute atomic E-state index is 5.85. The fourth-order valence-electron chi connectivity index (χ4n) is 2.12. The minimum absolute atomic E-state index is 0.828. The summed E-state index contributed by atoms with van der Waals surface area (Å²) in [4.78, 5) is 5.65. The summed E-state index contributed by atoms with van der Waals surface area (Å²) in [5.74, 6) is 0. The van der Waals surface area contributed by atoms with Crippen molar-refractivity contribution in [1.82, 2.24) is 9.88 Å². The van der Waals surface area contributed by atoms with Crippen LogP contribution in [0.3, 0.4) is 0 Å². The van der Waals surface area contributed by atoms with Crippen LogP contribution in [0.5, 0.6) is 0 Å². The Bertz CT molecular complexity index is 497. The molecule has 3 N–H and O–H groups in total. The number of nitrogens with two attached hydrogens (primary N) is 1. The third kappa shape index (κ3) is 1.91. The molecule has 2 aromatic rings. The van der Waals surface area contributed by atoms with Gasteiger partial charge in [0.2, 0.25) is 0 Å². The SMILES string of the molecule is CCc1[nH]c2ccc(N)cc2c1CN(C)C. The normalized spacial score (nSPS) is 11.5. The zero-order valence-electron chi connectivity index (χ0n) is 10.2. The first-order valence-electron chi connectivity index (χ1n) is 5.65. The summed E-state index contributed by atoms with van der Waals surface area (Å²) in [5.41, 5.74) is 10.5. The zero-order valence-corrected chi connectivity index (χ0v) is 10.2. The third-order valence-electron chi connectivity index (χ3n) is 2.85. The van der Waals surface area contributed by atoms with Crippen LogP contribution in [0.4, 0.5) is 5.69 Å². The number of anilines is 1. The Morgan fingerprint density at radius 3 is 2.69 bits per heavy atom. The summed E-state index contributed by atoms with van der Waals surface area (Å²) in [6.07, 6.45) is 1.03. The van der Waals surface area contributed by atoms with Crippen molar-refractivity contribution >= 4 is 16.6 Å². The smallest absolute Gasteiger partial charge is 0.0460 e. The summed E-state index contributed by atoms with van der Waals surface area (Å²) in [5, 5.41) is 1.26. The van der Waals surface area contributed by atoms with Gasteiger partial charge in [0.1, 0.15) is 0 Å². The highest BCUT2D eigenvalue weighted by atomic mass is 15.1. The number of nitrogen functional groups attached to an aromatic ring is 1. The predicted octanol–water partition coefficient (Wildman–Crippen LogP) is 2.37. The lowest BCUT2D eigenvalue weighted by Gasteiger charge is -2.10. The van der Waals surface area contributed by atoms with Gasteiger partial charge < -0.3 is 15.6 Å². The highest BCUT2D eigenvalue weighted by molar-refractivity contribution is 5.87. The Kier molecular flexibility index (Phi) is 2.88. The molecule has 1 aromatic carbocycles. The molecule has 16 heavy (non-hydrogen) atoms. The topological polar surface area (TPSA) is 45.1 Å². The molecule has 0 aliphatic carbocycles. The molecule has 3 nitrogen and oxygen atoms in total. The van der Waals surface area contributed by atoms with Crippen molar-refractivity contribution in [3.05, 3.63) is 29.5 Å². The quantitative estimate of drug-likeness (QED) is 0.775.